The minimum absolute atomic E-state index is 0.190. The van der Waals surface area contributed by atoms with Crippen molar-refractivity contribution in [3.63, 3.8) is 0 Å². The molecule has 2 heterocycles. The quantitative estimate of drug-likeness (QED) is 0.791. The second kappa shape index (κ2) is 5.63. The van der Waals surface area contributed by atoms with Gasteiger partial charge in [0.05, 0.1) is 11.6 Å². The number of carbonyl (C=O) groups excluding carboxylic acids is 2. The van der Waals surface area contributed by atoms with Crippen LogP contribution in [0, 0.1) is 13.8 Å². The highest BCUT2D eigenvalue weighted by atomic mass is 16.2. The maximum absolute atomic E-state index is 12.6. The van der Waals surface area contributed by atoms with Crippen LogP contribution in [0.15, 0.2) is 34.3 Å². The van der Waals surface area contributed by atoms with Crippen molar-refractivity contribution in [1.29, 1.82) is 0 Å². The first-order valence-corrected chi connectivity index (χ1v) is 7.72. The molecule has 0 aliphatic carbocycles. The lowest BCUT2D eigenvalue weighted by molar-refractivity contribution is -0.114. The first-order valence-electron chi connectivity index (χ1n) is 7.72. The first kappa shape index (κ1) is 16.0. The van der Waals surface area contributed by atoms with Crippen molar-refractivity contribution in [1.82, 2.24) is 15.6 Å². The zero-order valence-corrected chi connectivity index (χ0v) is 14.0. The highest BCUT2D eigenvalue weighted by molar-refractivity contribution is 5.98. The molecular formula is C18H19N3O3. The molecule has 0 spiro atoms. The SMILES string of the molecule is CC(=O)C1=C(C)NC(=O)N[C@H]1c1cc2ccc(C)c(C)c2[nH]c1=O. The molecule has 1 aromatic heterocycles. The number of pyridine rings is 1. The number of ketones is 1. The largest absolute Gasteiger partial charge is 0.327 e. The van der Waals surface area contributed by atoms with Crippen molar-refractivity contribution < 1.29 is 9.59 Å². The predicted molar refractivity (Wildman–Crippen MR) is 91.8 cm³/mol. The zero-order chi connectivity index (χ0) is 17.6. The van der Waals surface area contributed by atoms with Gasteiger partial charge in [-0.3, -0.25) is 9.59 Å². The Kier molecular flexibility index (Phi) is 3.75. The minimum Gasteiger partial charge on any atom is -0.327 e. The van der Waals surface area contributed by atoms with Crippen LogP contribution in [0.2, 0.25) is 0 Å². The number of nitrogens with one attached hydrogen (secondary N) is 3. The number of urea groups is 1. The van der Waals surface area contributed by atoms with E-state index >= 15 is 0 Å². The smallest absolute Gasteiger partial charge is 0.319 e. The van der Waals surface area contributed by atoms with Crippen molar-refractivity contribution in [2.24, 2.45) is 0 Å². The van der Waals surface area contributed by atoms with E-state index in [2.05, 4.69) is 15.6 Å². The summed E-state index contributed by atoms with van der Waals surface area (Å²) in [7, 11) is 0. The monoisotopic (exact) mass is 325 g/mol. The molecule has 124 valence electrons. The molecule has 6 heteroatoms. The number of rotatable bonds is 2. The van der Waals surface area contributed by atoms with E-state index in [4.69, 9.17) is 0 Å². The average molecular weight is 325 g/mol. The number of amides is 2. The Morgan fingerprint density at radius 3 is 2.50 bits per heavy atom. The van der Waals surface area contributed by atoms with Crippen LogP contribution < -0.4 is 16.2 Å². The molecule has 0 fully saturated rings. The van der Waals surface area contributed by atoms with E-state index in [1.807, 2.05) is 26.0 Å². The third-order valence-electron chi connectivity index (χ3n) is 4.54. The number of H-pyrrole nitrogens is 1. The van der Waals surface area contributed by atoms with Crippen LogP contribution >= 0.6 is 0 Å². The molecule has 2 amide bonds. The summed E-state index contributed by atoms with van der Waals surface area (Å²) in [6, 6.07) is 4.46. The van der Waals surface area contributed by atoms with Gasteiger partial charge >= 0.3 is 6.03 Å². The van der Waals surface area contributed by atoms with Gasteiger partial charge in [-0.25, -0.2) is 4.79 Å². The lowest BCUT2D eigenvalue weighted by atomic mass is 9.92. The number of carbonyl (C=O) groups is 2. The third-order valence-corrected chi connectivity index (χ3v) is 4.54. The molecular weight excluding hydrogens is 306 g/mol. The maximum atomic E-state index is 12.6. The third kappa shape index (κ3) is 2.50. The summed E-state index contributed by atoms with van der Waals surface area (Å²) >= 11 is 0. The van der Waals surface area contributed by atoms with E-state index in [1.54, 1.807) is 13.0 Å². The fourth-order valence-corrected chi connectivity index (χ4v) is 3.15. The molecule has 0 bridgehead atoms. The van der Waals surface area contributed by atoms with Crippen molar-refractivity contribution >= 4 is 22.7 Å². The molecule has 3 N–H and O–H groups in total. The standard InChI is InChI=1S/C18H19N3O3/c1-8-5-6-12-7-13(17(23)20-15(12)9(8)2)16-14(11(4)22)10(3)19-18(24)21-16/h5-7,16H,1-4H3,(H,20,23)(H2,19,21,24)/t16-/m0/s1. The lowest BCUT2D eigenvalue weighted by Crippen LogP contribution is -2.46. The van der Waals surface area contributed by atoms with Gasteiger partial charge in [-0.15, -0.1) is 0 Å². The van der Waals surface area contributed by atoms with E-state index in [-0.39, 0.29) is 11.3 Å². The van der Waals surface area contributed by atoms with Crippen LogP contribution in [0.5, 0.6) is 0 Å². The topological polar surface area (TPSA) is 91.1 Å². The van der Waals surface area contributed by atoms with Crippen LogP contribution in [0.3, 0.4) is 0 Å². The Morgan fingerprint density at radius 1 is 1.12 bits per heavy atom. The number of allylic oxidation sites excluding steroid dienone is 1. The molecule has 1 aliphatic rings. The molecule has 24 heavy (non-hydrogen) atoms. The van der Waals surface area contributed by atoms with E-state index in [0.717, 1.165) is 22.0 Å². The molecule has 1 atom stereocenters. The second-order valence-electron chi connectivity index (χ2n) is 6.15. The van der Waals surface area contributed by atoms with Gasteiger partial charge in [0.25, 0.3) is 5.56 Å². The van der Waals surface area contributed by atoms with E-state index in [1.165, 1.54) is 6.92 Å². The minimum atomic E-state index is -0.758. The zero-order valence-electron chi connectivity index (χ0n) is 14.0. The van der Waals surface area contributed by atoms with Crippen LogP contribution in [-0.4, -0.2) is 16.8 Å². The number of aromatic amines is 1. The summed E-state index contributed by atoms with van der Waals surface area (Å²) in [5.41, 5.74) is 3.76. The molecule has 1 aromatic carbocycles. The summed E-state index contributed by atoms with van der Waals surface area (Å²) in [6.07, 6.45) is 0. The molecule has 0 saturated heterocycles. The Hall–Kier alpha value is -2.89. The van der Waals surface area contributed by atoms with Gasteiger partial charge in [0.15, 0.2) is 5.78 Å². The highest BCUT2D eigenvalue weighted by Crippen LogP contribution is 2.27. The number of aromatic nitrogens is 1. The maximum Gasteiger partial charge on any atom is 0.319 e. The number of hydrogen-bond acceptors (Lipinski definition) is 3. The number of fused-ring (bicyclic) bond motifs is 1. The molecule has 6 nitrogen and oxygen atoms in total. The fourth-order valence-electron chi connectivity index (χ4n) is 3.15. The molecule has 0 unspecified atom stereocenters. The Balaban J connectivity index is 2.25. The normalized spacial score (nSPS) is 17.7. The van der Waals surface area contributed by atoms with Gasteiger partial charge in [0, 0.05) is 16.8 Å². The van der Waals surface area contributed by atoms with Gasteiger partial charge in [-0.2, -0.15) is 0 Å². The summed E-state index contributed by atoms with van der Waals surface area (Å²) < 4.78 is 0. The van der Waals surface area contributed by atoms with Gasteiger partial charge in [0.2, 0.25) is 0 Å². The lowest BCUT2D eigenvalue weighted by Gasteiger charge is -2.27. The van der Waals surface area contributed by atoms with Gasteiger partial charge < -0.3 is 15.6 Å². The average Bonchev–Trinajstić information content (AvgIpc) is 2.50. The predicted octanol–water partition coefficient (Wildman–Crippen LogP) is 2.36. The summed E-state index contributed by atoms with van der Waals surface area (Å²) in [5.74, 6) is -0.190. The van der Waals surface area contributed by atoms with Crippen LogP contribution in [0.4, 0.5) is 4.79 Å². The van der Waals surface area contributed by atoms with E-state index in [0.29, 0.717) is 16.8 Å². The summed E-state index contributed by atoms with van der Waals surface area (Å²) in [5, 5.41) is 6.12. The van der Waals surface area contributed by atoms with E-state index in [9.17, 15) is 14.4 Å². The molecule has 1 aliphatic heterocycles. The Morgan fingerprint density at radius 2 is 1.83 bits per heavy atom. The number of hydrogen-bond donors (Lipinski definition) is 3. The second-order valence-corrected chi connectivity index (χ2v) is 6.15. The van der Waals surface area contributed by atoms with Gasteiger partial charge in [0.1, 0.15) is 0 Å². The highest BCUT2D eigenvalue weighted by Gasteiger charge is 2.31. The number of Topliss-reactive ketones (excluding diaryl/α,β-unsaturated/α-hetero) is 1. The molecule has 3 rings (SSSR count). The molecule has 0 radical (unpaired) electrons. The summed E-state index contributed by atoms with van der Waals surface area (Å²) in [4.78, 5) is 39.3. The van der Waals surface area contributed by atoms with Crippen molar-refractivity contribution in [3.8, 4) is 0 Å². The Bertz CT molecular complexity index is 969. The van der Waals surface area contributed by atoms with Crippen molar-refractivity contribution in [2.45, 2.75) is 33.7 Å². The Labute approximate surface area is 139 Å². The van der Waals surface area contributed by atoms with E-state index < -0.39 is 12.1 Å². The number of aryl methyl sites for hydroxylation is 2. The van der Waals surface area contributed by atoms with Gasteiger partial charge in [-0.1, -0.05) is 12.1 Å². The first-order chi connectivity index (χ1) is 11.3. The van der Waals surface area contributed by atoms with Crippen molar-refractivity contribution in [2.75, 3.05) is 0 Å². The van der Waals surface area contributed by atoms with Crippen molar-refractivity contribution in [3.05, 3.63) is 56.5 Å². The number of benzene rings is 1. The van der Waals surface area contributed by atoms with Gasteiger partial charge in [-0.05, 0) is 50.3 Å². The summed E-state index contributed by atoms with van der Waals surface area (Å²) in [6.45, 7) is 7.01. The van der Waals surface area contributed by atoms with Crippen LogP contribution in [-0.2, 0) is 4.79 Å². The van der Waals surface area contributed by atoms with Crippen LogP contribution in [0.25, 0.3) is 10.9 Å². The fraction of sp³-hybridized carbons (Fsp3) is 0.278. The van der Waals surface area contributed by atoms with Crippen LogP contribution in [0.1, 0.15) is 36.6 Å². The molecule has 0 saturated carbocycles. The molecule has 2 aromatic rings.